The molecule has 0 N–H and O–H groups in total. The lowest BCUT2D eigenvalue weighted by molar-refractivity contribution is -0.160. The molecule has 0 spiro atoms. The Morgan fingerprint density at radius 3 is 1.93 bits per heavy atom. The van der Waals surface area contributed by atoms with Crippen molar-refractivity contribution in [1.82, 2.24) is 4.90 Å². The topological polar surface area (TPSA) is 20.3 Å². The Bertz CT molecular complexity index is 213. The minimum absolute atomic E-state index is 0.0981. The molecule has 0 fully saturated rings. The summed E-state index contributed by atoms with van der Waals surface area (Å²) in [5.74, 6) is -0.961. The second-order valence-electron chi connectivity index (χ2n) is 2.67. The van der Waals surface area contributed by atoms with Crippen molar-refractivity contribution in [1.29, 1.82) is 0 Å². The molecule has 0 saturated carbocycles. The lowest BCUT2D eigenvalue weighted by atomic mass is 10.3. The lowest BCUT2D eigenvalue weighted by Gasteiger charge is -2.19. The highest BCUT2D eigenvalue weighted by molar-refractivity contribution is 5.77. The summed E-state index contributed by atoms with van der Waals surface area (Å²) >= 11 is 0. The maximum absolute atomic E-state index is 11.8. The quantitative estimate of drug-likeness (QED) is 0.632. The second kappa shape index (κ2) is 5.47. The fourth-order valence-electron chi connectivity index (χ4n) is 0.873. The van der Waals surface area contributed by atoms with Gasteiger partial charge in [0.1, 0.15) is 6.42 Å². The molecule has 0 bridgehead atoms. The number of amides is 1. The summed E-state index contributed by atoms with van der Waals surface area (Å²) in [6.45, 7) is 6.90. The van der Waals surface area contributed by atoms with Crippen LogP contribution in [0.4, 0.5) is 13.2 Å². The van der Waals surface area contributed by atoms with Crippen LogP contribution < -0.4 is 0 Å². The van der Waals surface area contributed by atoms with Crippen molar-refractivity contribution in [3.8, 4) is 0 Å². The van der Waals surface area contributed by atoms with Crippen molar-refractivity contribution >= 4 is 5.91 Å². The van der Waals surface area contributed by atoms with Crippen molar-refractivity contribution in [3.05, 3.63) is 25.3 Å². The lowest BCUT2D eigenvalue weighted by Crippen LogP contribution is -2.34. The van der Waals surface area contributed by atoms with Crippen molar-refractivity contribution in [2.45, 2.75) is 12.6 Å². The molecule has 0 saturated heterocycles. The minimum atomic E-state index is -4.46. The van der Waals surface area contributed by atoms with Crippen LogP contribution in [-0.2, 0) is 4.79 Å². The summed E-state index contributed by atoms with van der Waals surface area (Å²) in [4.78, 5) is 12.1. The first-order chi connectivity index (χ1) is 6.40. The molecule has 0 heterocycles. The van der Waals surface area contributed by atoms with E-state index in [1.54, 1.807) is 0 Å². The van der Waals surface area contributed by atoms with Gasteiger partial charge in [-0.1, -0.05) is 12.2 Å². The van der Waals surface area contributed by atoms with E-state index in [-0.39, 0.29) is 13.1 Å². The SMILES string of the molecule is C=CCN(CC=C)C(=O)CC(F)(F)F. The van der Waals surface area contributed by atoms with Crippen LogP contribution in [0, 0.1) is 0 Å². The number of halogens is 3. The first-order valence-corrected chi connectivity index (χ1v) is 3.97. The first-order valence-electron chi connectivity index (χ1n) is 3.97. The molecule has 0 aliphatic carbocycles. The van der Waals surface area contributed by atoms with Crippen LogP contribution in [0.15, 0.2) is 25.3 Å². The third kappa shape index (κ3) is 5.40. The molecule has 0 rings (SSSR count). The molecule has 5 heteroatoms. The van der Waals surface area contributed by atoms with E-state index in [4.69, 9.17) is 0 Å². The fourth-order valence-corrected chi connectivity index (χ4v) is 0.873. The predicted molar refractivity (Wildman–Crippen MR) is 47.6 cm³/mol. The maximum Gasteiger partial charge on any atom is 0.397 e. The molecule has 0 aliphatic rings. The Balaban J connectivity index is 4.28. The molecule has 0 aromatic carbocycles. The molecule has 0 aromatic heterocycles. The van der Waals surface area contributed by atoms with Gasteiger partial charge in [0, 0.05) is 13.1 Å². The van der Waals surface area contributed by atoms with Crippen molar-refractivity contribution in [2.75, 3.05) is 13.1 Å². The van der Waals surface area contributed by atoms with Crippen molar-refractivity contribution in [3.63, 3.8) is 0 Å². The molecule has 0 atom stereocenters. The van der Waals surface area contributed by atoms with Gasteiger partial charge < -0.3 is 4.90 Å². The summed E-state index contributed by atoms with van der Waals surface area (Å²) in [5, 5.41) is 0. The number of hydrogen-bond donors (Lipinski definition) is 0. The number of alkyl halides is 3. The van der Waals surface area contributed by atoms with Crippen LogP contribution >= 0.6 is 0 Å². The van der Waals surface area contributed by atoms with Gasteiger partial charge in [-0.25, -0.2) is 0 Å². The van der Waals surface area contributed by atoms with Gasteiger partial charge in [0.2, 0.25) is 5.91 Å². The Labute approximate surface area is 80.7 Å². The second-order valence-corrected chi connectivity index (χ2v) is 2.67. The van der Waals surface area contributed by atoms with E-state index < -0.39 is 18.5 Å². The summed E-state index contributed by atoms with van der Waals surface area (Å²) in [6.07, 6.45) is -3.15. The highest BCUT2D eigenvalue weighted by Gasteiger charge is 2.32. The molecule has 1 amide bonds. The highest BCUT2D eigenvalue weighted by atomic mass is 19.4. The monoisotopic (exact) mass is 207 g/mol. The van der Waals surface area contributed by atoms with E-state index in [0.29, 0.717) is 0 Å². The molecule has 0 radical (unpaired) electrons. The van der Waals surface area contributed by atoms with Gasteiger partial charge in [-0.15, -0.1) is 13.2 Å². The largest absolute Gasteiger partial charge is 0.397 e. The van der Waals surface area contributed by atoms with Crippen molar-refractivity contribution in [2.24, 2.45) is 0 Å². The Kier molecular flexibility index (Phi) is 4.97. The van der Waals surface area contributed by atoms with Gasteiger partial charge in [0.15, 0.2) is 0 Å². The van der Waals surface area contributed by atoms with E-state index in [0.717, 1.165) is 4.90 Å². The molecule has 0 aliphatic heterocycles. The molecule has 2 nitrogen and oxygen atoms in total. The van der Waals surface area contributed by atoms with Crippen LogP contribution in [0.3, 0.4) is 0 Å². The number of nitrogens with zero attached hydrogens (tertiary/aromatic N) is 1. The van der Waals surface area contributed by atoms with Gasteiger partial charge in [0.25, 0.3) is 0 Å². The van der Waals surface area contributed by atoms with E-state index in [1.807, 2.05) is 0 Å². The fraction of sp³-hybridized carbons (Fsp3) is 0.444. The molecule has 0 aromatic rings. The average Bonchev–Trinajstić information content (AvgIpc) is 2.01. The predicted octanol–water partition coefficient (Wildman–Crippen LogP) is 2.14. The van der Waals surface area contributed by atoms with Gasteiger partial charge in [-0.05, 0) is 0 Å². The molecular formula is C9H12F3NO. The summed E-state index contributed by atoms with van der Waals surface area (Å²) in [7, 11) is 0. The van der Waals surface area contributed by atoms with Crippen LogP contribution in [0.2, 0.25) is 0 Å². The Morgan fingerprint density at radius 2 is 1.64 bits per heavy atom. The van der Waals surface area contributed by atoms with E-state index in [2.05, 4.69) is 13.2 Å². The zero-order valence-electron chi connectivity index (χ0n) is 7.68. The highest BCUT2D eigenvalue weighted by Crippen LogP contribution is 2.20. The molecule has 0 unspecified atom stereocenters. The Hall–Kier alpha value is -1.26. The number of carbonyl (C=O) groups is 1. The van der Waals surface area contributed by atoms with E-state index in [1.165, 1.54) is 12.2 Å². The van der Waals surface area contributed by atoms with Crippen LogP contribution in [0.5, 0.6) is 0 Å². The van der Waals surface area contributed by atoms with Crippen LogP contribution in [-0.4, -0.2) is 30.1 Å². The standard InChI is InChI=1S/C9H12F3NO/c1-3-5-13(6-4-2)8(14)7-9(10,11)12/h3-4H,1-2,5-7H2. The van der Waals surface area contributed by atoms with Crippen LogP contribution in [0.25, 0.3) is 0 Å². The third-order valence-corrected chi connectivity index (χ3v) is 1.40. The molecular weight excluding hydrogens is 195 g/mol. The minimum Gasteiger partial charge on any atom is -0.335 e. The molecule has 80 valence electrons. The first kappa shape index (κ1) is 12.7. The Morgan fingerprint density at radius 1 is 1.21 bits per heavy atom. The zero-order chi connectivity index (χ0) is 11.2. The smallest absolute Gasteiger partial charge is 0.335 e. The summed E-state index contributed by atoms with van der Waals surface area (Å²) in [6, 6.07) is 0. The normalized spacial score (nSPS) is 10.8. The average molecular weight is 207 g/mol. The van der Waals surface area contributed by atoms with E-state index >= 15 is 0 Å². The van der Waals surface area contributed by atoms with Crippen molar-refractivity contribution < 1.29 is 18.0 Å². The van der Waals surface area contributed by atoms with Crippen LogP contribution in [0.1, 0.15) is 6.42 Å². The molecule has 14 heavy (non-hydrogen) atoms. The van der Waals surface area contributed by atoms with Gasteiger partial charge >= 0.3 is 6.18 Å². The zero-order valence-corrected chi connectivity index (χ0v) is 7.68. The number of hydrogen-bond acceptors (Lipinski definition) is 1. The third-order valence-electron chi connectivity index (χ3n) is 1.40. The number of carbonyl (C=O) groups excluding carboxylic acids is 1. The summed E-state index contributed by atoms with van der Waals surface area (Å²) in [5.41, 5.74) is 0. The number of rotatable bonds is 5. The van der Waals surface area contributed by atoms with Gasteiger partial charge in [0.05, 0.1) is 0 Å². The maximum atomic E-state index is 11.8. The summed E-state index contributed by atoms with van der Waals surface area (Å²) < 4.78 is 35.5. The van der Waals surface area contributed by atoms with E-state index in [9.17, 15) is 18.0 Å². The van der Waals surface area contributed by atoms with Gasteiger partial charge in [-0.2, -0.15) is 13.2 Å². The van der Waals surface area contributed by atoms with Gasteiger partial charge in [-0.3, -0.25) is 4.79 Å².